The van der Waals surface area contributed by atoms with E-state index in [1.165, 1.54) is 4.90 Å². The Kier molecular flexibility index (Phi) is 17.5. The molecule has 0 atom stereocenters. The van der Waals surface area contributed by atoms with Crippen LogP contribution in [0.3, 0.4) is 0 Å². The zero-order valence-corrected chi connectivity index (χ0v) is 13.4. The van der Waals surface area contributed by atoms with Gasteiger partial charge in [0, 0.05) is 19.4 Å². The third-order valence-electron chi connectivity index (χ3n) is 1.21. The van der Waals surface area contributed by atoms with Gasteiger partial charge in [0.25, 0.3) is 0 Å². The number of aliphatic hydroxyl groups is 2. The average Bonchev–Trinajstić information content (AvgIpc) is 1.84. The second kappa shape index (κ2) is 11.5. The molecule has 0 aromatic heterocycles. The number of aliphatic hydroxyl groups excluding tert-OH is 2. The van der Waals surface area contributed by atoms with Gasteiger partial charge in [-0.3, -0.25) is 4.90 Å². The van der Waals surface area contributed by atoms with Crippen LogP contribution in [0.25, 0.3) is 0 Å². The van der Waals surface area contributed by atoms with Gasteiger partial charge in [-0.2, -0.15) is 0 Å². The molecule has 0 fully saturated rings. The molecular formula is C5H12NNa2O5P. The summed E-state index contributed by atoms with van der Waals surface area (Å²) in [6.45, 7) is -0.315. The standard InChI is InChI=1S/C5H14NO5P.2Na/c7-3-1-6(2-4-8)5-12(9,10)11;;/h7-8H,1-5H2,(H2,9,10,11);;/q;2*+1/p-2. The van der Waals surface area contributed by atoms with Gasteiger partial charge in [-0.05, 0) is 0 Å². The summed E-state index contributed by atoms with van der Waals surface area (Å²) in [6, 6.07) is 0. The summed E-state index contributed by atoms with van der Waals surface area (Å²) in [5.74, 6) is 0. The van der Waals surface area contributed by atoms with E-state index < -0.39 is 13.9 Å². The van der Waals surface area contributed by atoms with Gasteiger partial charge < -0.3 is 24.6 Å². The fourth-order valence-corrected chi connectivity index (χ4v) is 1.55. The summed E-state index contributed by atoms with van der Waals surface area (Å²) in [5.41, 5.74) is 0. The van der Waals surface area contributed by atoms with Gasteiger partial charge in [-0.15, -0.1) is 0 Å². The van der Waals surface area contributed by atoms with Crippen molar-refractivity contribution >= 4 is 7.60 Å². The Balaban J connectivity index is -0.000000605. The fourth-order valence-electron chi connectivity index (χ4n) is 0.781. The molecule has 0 saturated heterocycles. The number of hydrogen-bond acceptors (Lipinski definition) is 6. The molecule has 0 aliphatic heterocycles. The molecular weight excluding hydrogens is 231 g/mol. The van der Waals surface area contributed by atoms with Gasteiger partial charge in [0.2, 0.25) is 0 Å². The molecule has 0 spiro atoms. The summed E-state index contributed by atoms with van der Waals surface area (Å²) in [5, 5.41) is 16.9. The van der Waals surface area contributed by atoms with Gasteiger partial charge >= 0.3 is 59.1 Å². The van der Waals surface area contributed by atoms with Gasteiger partial charge in [0.05, 0.1) is 13.2 Å². The van der Waals surface area contributed by atoms with E-state index in [1.54, 1.807) is 0 Å². The normalized spacial score (nSPS) is 10.6. The SMILES string of the molecule is O=P([O-])([O-])CN(CCO)CCO.[Na+].[Na+]. The molecule has 74 valence electrons. The predicted octanol–water partition coefficient (Wildman–Crippen LogP) is -8.85. The largest absolute Gasteiger partial charge is 1.00 e. The molecule has 0 rings (SSSR count). The summed E-state index contributed by atoms with van der Waals surface area (Å²) in [7, 11) is -4.58. The summed E-state index contributed by atoms with van der Waals surface area (Å²) >= 11 is 0. The van der Waals surface area contributed by atoms with E-state index in [9.17, 15) is 14.4 Å². The molecule has 0 radical (unpaired) electrons. The summed E-state index contributed by atoms with van der Waals surface area (Å²) in [6.07, 6.45) is -0.645. The minimum Gasteiger partial charge on any atom is -0.810 e. The van der Waals surface area contributed by atoms with Crippen LogP contribution in [0.2, 0.25) is 0 Å². The fraction of sp³-hybridized carbons (Fsp3) is 1.00. The molecule has 0 unspecified atom stereocenters. The van der Waals surface area contributed by atoms with Crippen LogP contribution in [-0.2, 0) is 4.57 Å². The van der Waals surface area contributed by atoms with E-state index in [0.29, 0.717) is 0 Å². The second-order valence-electron chi connectivity index (χ2n) is 2.32. The molecule has 9 heteroatoms. The molecule has 0 heterocycles. The van der Waals surface area contributed by atoms with Crippen molar-refractivity contribution in [1.29, 1.82) is 0 Å². The van der Waals surface area contributed by atoms with E-state index in [-0.39, 0.29) is 85.4 Å². The zero-order chi connectivity index (χ0) is 9.61. The maximum absolute atomic E-state index is 10.3. The third kappa shape index (κ3) is 14.0. The van der Waals surface area contributed by atoms with Crippen LogP contribution in [0.1, 0.15) is 0 Å². The van der Waals surface area contributed by atoms with Crippen molar-refractivity contribution in [3.05, 3.63) is 0 Å². The Bertz CT molecular complexity index is 160. The minimum absolute atomic E-state index is 0. The third-order valence-corrected chi connectivity index (χ3v) is 1.95. The van der Waals surface area contributed by atoms with Gasteiger partial charge in [0.1, 0.15) is 0 Å². The maximum atomic E-state index is 10.3. The molecule has 0 saturated carbocycles. The van der Waals surface area contributed by atoms with E-state index in [1.807, 2.05) is 0 Å². The second-order valence-corrected chi connectivity index (χ2v) is 3.82. The van der Waals surface area contributed by atoms with Crippen molar-refractivity contribution in [3.63, 3.8) is 0 Å². The Morgan fingerprint density at radius 3 is 1.64 bits per heavy atom. The predicted molar refractivity (Wildman–Crippen MR) is 38.2 cm³/mol. The van der Waals surface area contributed by atoms with Gasteiger partial charge in [-0.1, -0.05) is 7.60 Å². The summed E-state index contributed by atoms with van der Waals surface area (Å²) < 4.78 is 10.3. The first-order valence-corrected chi connectivity index (χ1v) is 5.17. The van der Waals surface area contributed by atoms with Crippen LogP contribution in [0.5, 0.6) is 0 Å². The Morgan fingerprint density at radius 2 is 1.43 bits per heavy atom. The molecule has 0 amide bonds. The van der Waals surface area contributed by atoms with Crippen LogP contribution in [0.15, 0.2) is 0 Å². The zero-order valence-electron chi connectivity index (χ0n) is 8.55. The van der Waals surface area contributed by atoms with Crippen LogP contribution in [-0.4, -0.2) is 47.7 Å². The Labute approximate surface area is 127 Å². The molecule has 0 aromatic rings. The monoisotopic (exact) mass is 243 g/mol. The van der Waals surface area contributed by atoms with Gasteiger partial charge in [0.15, 0.2) is 0 Å². The van der Waals surface area contributed by atoms with Crippen molar-refractivity contribution in [2.24, 2.45) is 0 Å². The molecule has 14 heavy (non-hydrogen) atoms. The van der Waals surface area contributed by atoms with Gasteiger partial charge in [-0.25, -0.2) is 0 Å². The van der Waals surface area contributed by atoms with Crippen molar-refractivity contribution in [1.82, 2.24) is 4.90 Å². The Hall–Kier alpha value is 2.03. The summed E-state index contributed by atoms with van der Waals surface area (Å²) in [4.78, 5) is 21.7. The van der Waals surface area contributed by atoms with Crippen molar-refractivity contribution in [3.8, 4) is 0 Å². The van der Waals surface area contributed by atoms with Crippen LogP contribution in [0, 0.1) is 0 Å². The van der Waals surface area contributed by atoms with E-state index in [4.69, 9.17) is 10.2 Å². The molecule has 6 nitrogen and oxygen atoms in total. The topological polar surface area (TPSA) is 107 Å². The molecule has 2 N–H and O–H groups in total. The smallest absolute Gasteiger partial charge is 0.810 e. The molecule has 0 bridgehead atoms. The van der Waals surface area contributed by atoms with Crippen LogP contribution in [0.4, 0.5) is 0 Å². The van der Waals surface area contributed by atoms with Crippen molar-refractivity contribution in [2.75, 3.05) is 32.6 Å². The molecule has 0 aliphatic carbocycles. The van der Waals surface area contributed by atoms with Crippen molar-refractivity contribution < 1.29 is 83.7 Å². The first-order valence-electron chi connectivity index (χ1n) is 3.45. The van der Waals surface area contributed by atoms with E-state index in [0.717, 1.165) is 0 Å². The average molecular weight is 243 g/mol. The van der Waals surface area contributed by atoms with Crippen molar-refractivity contribution in [2.45, 2.75) is 0 Å². The number of hydrogen-bond donors (Lipinski definition) is 2. The quantitative estimate of drug-likeness (QED) is 0.354. The van der Waals surface area contributed by atoms with Crippen LogP contribution >= 0.6 is 7.60 Å². The molecule has 0 aliphatic rings. The Morgan fingerprint density at radius 1 is 1.07 bits per heavy atom. The van der Waals surface area contributed by atoms with E-state index in [2.05, 4.69) is 0 Å². The van der Waals surface area contributed by atoms with E-state index >= 15 is 0 Å². The first kappa shape index (κ1) is 21.3. The molecule has 0 aromatic carbocycles. The first-order chi connectivity index (χ1) is 5.49. The minimum atomic E-state index is -4.58. The van der Waals surface area contributed by atoms with Crippen LogP contribution < -0.4 is 68.9 Å². The number of rotatable bonds is 6. The maximum Gasteiger partial charge on any atom is 1.00 e. The number of nitrogens with zero attached hydrogens (tertiary/aromatic N) is 1.